The van der Waals surface area contributed by atoms with Gasteiger partial charge in [0.2, 0.25) is 11.4 Å². The van der Waals surface area contributed by atoms with Crippen LogP contribution in [0.4, 0.5) is 19.0 Å². The Labute approximate surface area is 178 Å². The molecule has 1 aromatic heterocycles. The number of carbonyl (C=O) groups is 2. The topological polar surface area (TPSA) is 132 Å². The predicted octanol–water partition coefficient (Wildman–Crippen LogP) is 0.642. The van der Waals surface area contributed by atoms with Crippen LogP contribution < -0.4 is 31.4 Å². The van der Waals surface area contributed by atoms with E-state index < -0.39 is 46.2 Å². The van der Waals surface area contributed by atoms with E-state index in [0.717, 1.165) is 11.5 Å². The Balaban J connectivity index is 2.10. The number of anilines is 1. The number of fused-ring (bicyclic) bond motifs is 1. The minimum Gasteiger partial charge on any atom is -0.493 e. The van der Waals surface area contributed by atoms with E-state index in [1.807, 2.05) is 5.32 Å². The molecule has 1 aliphatic heterocycles. The SMILES string of the molecule is COc1ccc(CCn2c3c(c(=O)[nH]c2=O)[C@](NC(C)=O)(C(F)(F)F)C(=O)N3)cc1OC. The van der Waals surface area contributed by atoms with Crippen molar-refractivity contribution in [2.24, 2.45) is 0 Å². The average Bonchev–Trinajstić information content (AvgIpc) is 3.00. The van der Waals surface area contributed by atoms with Gasteiger partial charge in [-0.05, 0) is 24.1 Å². The lowest BCUT2D eigenvalue weighted by atomic mass is 9.92. The molecule has 13 heteroatoms. The van der Waals surface area contributed by atoms with Gasteiger partial charge in [0.1, 0.15) is 11.4 Å². The number of hydrogen-bond donors (Lipinski definition) is 3. The molecule has 0 saturated carbocycles. The molecule has 1 aliphatic rings. The van der Waals surface area contributed by atoms with E-state index in [1.165, 1.54) is 14.2 Å². The third-order valence-corrected chi connectivity index (χ3v) is 5.01. The molecule has 10 nitrogen and oxygen atoms in total. The van der Waals surface area contributed by atoms with Crippen molar-refractivity contribution in [1.29, 1.82) is 0 Å². The minimum atomic E-state index is -5.35. The van der Waals surface area contributed by atoms with Gasteiger partial charge in [-0.2, -0.15) is 13.2 Å². The monoisotopic (exact) mass is 456 g/mol. The summed E-state index contributed by atoms with van der Waals surface area (Å²) in [6, 6.07) is 4.89. The second kappa shape index (κ2) is 8.05. The van der Waals surface area contributed by atoms with Crippen LogP contribution in [0.15, 0.2) is 27.8 Å². The minimum absolute atomic E-state index is 0.133. The van der Waals surface area contributed by atoms with Crippen LogP contribution in [-0.4, -0.2) is 41.8 Å². The zero-order valence-electron chi connectivity index (χ0n) is 17.2. The molecule has 0 spiro atoms. The number of aromatic amines is 1. The second-order valence-electron chi connectivity index (χ2n) is 6.96. The molecule has 0 bridgehead atoms. The van der Waals surface area contributed by atoms with Gasteiger partial charge in [-0.3, -0.25) is 23.9 Å². The zero-order chi connectivity index (χ0) is 23.8. The molecule has 0 radical (unpaired) electrons. The Morgan fingerprint density at radius 2 is 1.81 bits per heavy atom. The first-order valence-electron chi connectivity index (χ1n) is 9.21. The van der Waals surface area contributed by atoms with E-state index >= 15 is 0 Å². The number of amides is 2. The van der Waals surface area contributed by atoms with Crippen molar-refractivity contribution in [3.63, 3.8) is 0 Å². The first-order valence-corrected chi connectivity index (χ1v) is 9.21. The summed E-state index contributed by atoms with van der Waals surface area (Å²) in [4.78, 5) is 50.5. The third kappa shape index (κ3) is 3.59. The van der Waals surface area contributed by atoms with Crippen LogP contribution >= 0.6 is 0 Å². The zero-order valence-corrected chi connectivity index (χ0v) is 17.2. The fourth-order valence-electron chi connectivity index (χ4n) is 3.58. The highest BCUT2D eigenvalue weighted by Gasteiger charge is 2.68. The van der Waals surface area contributed by atoms with Gasteiger partial charge in [0, 0.05) is 13.5 Å². The number of ether oxygens (including phenoxy) is 2. The summed E-state index contributed by atoms with van der Waals surface area (Å²) in [6.45, 7) is 0.585. The Bertz CT molecular complexity index is 1200. The molecule has 0 unspecified atom stereocenters. The number of H-pyrrole nitrogens is 1. The number of aromatic nitrogens is 2. The van der Waals surface area contributed by atoms with Gasteiger partial charge in [0.05, 0.1) is 14.2 Å². The summed E-state index contributed by atoms with van der Waals surface area (Å²) in [6.07, 6.45) is -5.22. The maximum atomic E-state index is 14.0. The molecule has 1 aromatic carbocycles. The molecule has 2 heterocycles. The summed E-state index contributed by atoms with van der Waals surface area (Å²) in [5.74, 6) is -2.65. The molecule has 172 valence electrons. The van der Waals surface area contributed by atoms with Gasteiger partial charge < -0.3 is 20.1 Å². The van der Waals surface area contributed by atoms with E-state index in [9.17, 15) is 32.3 Å². The normalized spacial score (nSPS) is 17.5. The van der Waals surface area contributed by atoms with E-state index in [4.69, 9.17) is 9.47 Å². The molecule has 0 saturated heterocycles. The summed E-state index contributed by atoms with van der Waals surface area (Å²) in [5, 5.41) is 3.50. The van der Waals surface area contributed by atoms with Crippen molar-refractivity contribution in [2.75, 3.05) is 19.5 Å². The van der Waals surface area contributed by atoms with Gasteiger partial charge in [-0.1, -0.05) is 6.07 Å². The van der Waals surface area contributed by atoms with Crippen LogP contribution in [0.5, 0.6) is 11.5 Å². The number of hydrogen-bond acceptors (Lipinski definition) is 6. The van der Waals surface area contributed by atoms with Gasteiger partial charge in [-0.15, -0.1) is 0 Å². The van der Waals surface area contributed by atoms with Crippen molar-refractivity contribution >= 4 is 17.6 Å². The molecular weight excluding hydrogens is 437 g/mol. The molecule has 1 atom stereocenters. The number of aryl methyl sites for hydroxylation is 1. The highest BCUT2D eigenvalue weighted by atomic mass is 19.4. The molecular formula is C19H19F3N4O6. The summed E-state index contributed by atoms with van der Waals surface area (Å²) in [7, 11) is 2.88. The largest absolute Gasteiger partial charge is 0.493 e. The average molecular weight is 456 g/mol. The van der Waals surface area contributed by atoms with Crippen LogP contribution in [0.2, 0.25) is 0 Å². The highest BCUT2D eigenvalue weighted by molar-refractivity contribution is 6.07. The van der Waals surface area contributed by atoms with Crippen LogP contribution in [0, 0.1) is 0 Å². The number of carbonyl (C=O) groups excluding carboxylic acids is 2. The van der Waals surface area contributed by atoms with Crippen molar-refractivity contribution in [3.05, 3.63) is 50.2 Å². The Hall–Kier alpha value is -3.77. The number of nitrogens with one attached hydrogen (secondary N) is 3. The molecule has 3 N–H and O–H groups in total. The lowest BCUT2D eigenvalue weighted by Crippen LogP contribution is -2.61. The van der Waals surface area contributed by atoms with Gasteiger partial charge >= 0.3 is 11.9 Å². The predicted molar refractivity (Wildman–Crippen MR) is 105 cm³/mol. The maximum absolute atomic E-state index is 14.0. The van der Waals surface area contributed by atoms with E-state index in [-0.39, 0.29) is 13.0 Å². The highest BCUT2D eigenvalue weighted by Crippen LogP contribution is 2.44. The number of nitrogens with zero attached hydrogens (tertiary/aromatic N) is 1. The number of benzene rings is 1. The van der Waals surface area contributed by atoms with Gasteiger partial charge in [0.25, 0.3) is 11.5 Å². The lowest BCUT2D eigenvalue weighted by molar-refractivity contribution is -0.200. The molecule has 2 amide bonds. The molecule has 3 rings (SSSR count). The number of alkyl halides is 3. The van der Waals surface area contributed by atoms with Crippen LogP contribution in [0.1, 0.15) is 18.1 Å². The Morgan fingerprint density at radius 3 is 2.38 bits per heavy atom. The second-order valence-corrected chi connectivity index (χ2v) is 6.96. The lowest BCUT2D eigenvalue weighted by Gasteiger charge is -2.29. The van der Waals surface area contributed by atoms with Crippen molar-refractivity contribution in [1.82, 2.24) is 14.9 Å². The van der Waals surface area contributed by atoms with Crippen LogP contribution in [0.25, 0.3) is 0 Å². The van der Waals surface area contributed by atoms with E-state index in [1.54, 1.807) is 28.5 Å². The van der Waals surface area contributed by atoms with Gasteiger partial charge in [0.15, 0.2) is 11.5 Å². The fraction of sp³-hybridized carbons (Fsp3) is 0.368. The molecule has 2 aromatic rings. The molecule has 0 fully saturated rings. The van der Waals surface area contributed by atoms with Crippen molar-refractivity contribution in [2.45, 2.75) is 31.6 Å². The Kier molecular flexibility index (Phi) is 5.76. The maximum Gasteiger partial charge on any atom is 0.425 e. The smallest absolute Gasteiger partial charge is 0.425 e. The van der Waals surface area contributed by atoms with Crippen molar-refractivity contribution < 1.29 is 32.2 Å². The van der Waals surface area contributed by atoms with Crippen molar-refractivity contribution in [3.8, 4) is 11.5 Å². The summed E-state index contributed by atoms with van der Waals surface area (Å²) < 4.78 is 53.1. The molecule has 0 aliphatic carbocycles. The Morgan fingerprint density at radius 1 is 1.16 bits per heavy atom. The summed E-state index contributed by atoms with van der Waals surface area (Å²) >= 11 is 0. The first kappa shape index (κ1) is 22.9. The van der Waals surface area contributed by atoms with E-state index in [0.29, 0.717) is 17.1 Å². The quantitative estimate of drug-likeness (QED) is 0.585. The number of rotatable bonds is 6. The number of halogens is 3. The van der Waals surface area contributed by atoms with Crippen LogP contribution in [-0.2, 0) is 28.1 Å². The first-order chi connectivity index (χ1) is 15.0. The fourth-order valence-corrected chi connectivity index (χ4v) is 3.58. The summed E-state index contributed by atoms with van der Waals surface area (Å²) in [5.41, 5.74) is -6.53. The van der Waals surface area contributed by atoms with Gasteiger partial charge in [-0.25, -0.2) is 4.79 Å². The number of methoxy groups -OCH3 is 2. The van der Waals surface area contributed by atoms with Crippen LogP contribution in [0.3, 0.4) is 0 Å². The third-order valence-electron chi connectivity index (χ3n) is 5.01. The van der Waals surface area contributed by atoms with E-state index in [2.05, 4.69) is 0 Å². The molecule has 32 heavy (non-hydrogen) atoms. The standard InChI is InChI=1S/C19H19F3N4O6/c1-9(27)25-18(19(20,21)22)13-14(23-16(18)29)26(17(30)24-15(13)28)7-6-10-4-5-11(31-2)12(8-10)32-3/h4-5,8H,6-7H2,1-3H3,(H,23,29)(H,25,27)(H,24,28,30)/t18-/m1/s1.